The molecule has 2 N–H and O–H groups in total. The standard InChI is InChI=1S/C17H24N2O4S/c1-12(18-19-15(20)11-17(2,3)24)13-6-8-14(9-7-13)23-10-4-5-16(21)22/h6-9,24H,4-5,10-11H2,1-3H3,(H,19,20)(H,21,22). The molecule has 0 aliphatic rings. The molecule has 0 bridgehead atoms. The third kappa shape index (κ3) is 8.57. The Kier molecular flexibility index (Phi) is 7.78. The zero-order valence-electron chi connectivity index (χ0n) is 14.2. The number of benzene rings is 1. The average Bonchev–Trinajstić information content (AvgIpc) is 2.48. The van der Waals surface area contributed by atoms with Gasteiger partial charge in [-0.15, -0.1) is 0 Å². The maximum atomic E-state index is 11.7. The average molecular weight is 352 g/mol. The number of nitrogens with zero attached hydrogens (tertiary/aromatic N) is 1. The highest BCUT2D eigenvalue weighted by molar-refractivity contribution is 7.81. The van der Waals surface area contributed by atoms with Crippen molar-refractivity contribution < 1.29 is 19.4 Å². The first-order valence-electron chi connectivity index (χ1n) is 7.68. The van der Waals surface area contributed by atoms with Crippen molar-refractivity contribution in [3.8, 4) is 5.75 Å². The Morgan fingerprint density at radius 3 is 2.46 bits per heavy atom. The number of thiol groups is 1. The number of ether oxygens (including phenoxy) is 1. The number of hydrogen-bond donors (Lipinski definition) is 3. The van der Waals surface area contributed by atoms with Crippen LogP contribution in [0, 0.1) is 0 Å². The summed E-state index contributed by atoms with van der Waals surface area (Å²) in [6.07, 6.45) is 0.827. The van der Waals surface area contributed by atoms with E-state index in [4.69, 9.17) is 9.84 Å². The molecule has 0 aliphatic heterocycles. The van der Waals surface area contributed by atoms with Gasteiger partial charge in [0.25, 0.3) is 0 Å². The van der Waals surface area contributed by atoms with Crippen molar-refractivity contribution in [2.24, 2.45) is 5.10 Å². The van der Waals surface area contributed by atoms with Crippen LogP contribution in [0.2, 0.25) is 0 Å². The molecule has 1 rings (SSSR count). The highest BCUT2D eigenvalue weighted by atomic mass is 32.1. The van der Waals surface area contributed by atoms with E-state index < -0.39 is 5.97 Å². The molecule has 0 radical (unpaired) electrons. The Balaban J connectivity index is 2.50. The van der Waals surface area contributed by atoms with Gasteiger partial charge in [0.2, 0.25) is 5.91 Å². The first kappa shape index (κ1) is 20.0. The van der Waals surface area contributed by atoms with Crippen molar-refractivity contribution in [3.05, 3.63) is 29.8 Å². The van der Waals surface area contributed by atoms with Crippen molar-refractivity contribution in [3.63, 3.8) is 0 Å². The van der Waals surface area contributed by atoms with Crippen LogP contribution in [-0.4, -0.2) is 34.0 Å². The van der Waals surface area contributed by atoms with E-state index >= 15 is 0 Å². The number of carboxylic acids is 1. The summed E-state index contributed by atoms with van der Waals surface area (Å²) >= 11 is 4.31. The maximum absolute atomic E-state index is 11.7. The monoisotopic (exact) mass is 352 g/mol. The van der Waals surface area contributed by atoms with Gasteiger partial charge in [-0.2, -0.15) is 17.7 Å². The van der Waals surface area contributed by atoms with Crippen molar-refractivity contribution in [1.82, 2.24) is 5.43 Å². The van der Waals surface area contributed by atoms with Gasteiger partial charge < -0.3 is 9.84 Å². The molecular formula is C17H24N2O4S. The van der Waals surface area contributed by atoms with Crippen LogP contribution in [-0.2, 0) is 9.59 Å². The second-order valence-corrected chi connectivity index (χ2v) is 7.30. The number of amides is 1. The Labute approximate surface area is 147 Å². The number of rotatable bonds is 9. The summed E-state index contributed by atoms with van der Waals surface area (Å²) in [6.45, 7) is 5.88. The van der Waals surface area contributed by atoms with Crippen LogP contribution in [0.1, 0.15) is 45.6 Å². The third-order valence-corrected chi connectivity index (χ3v) is 3.18. The van der Waals surface area contributed by atoms with Crippen LogP contribution >= 0.6 is 12.6 Å². The van der Waals surface area contributed by atoms with E-state index in [0.717, 1.165) is 5.56 Å². The molecule has 0 unspecified atom stereocenters. The van der Waals surface area contributed by atoms with Gasteiger partial charge in [0, 0.05) is 17.6 Å². The SMILES string of the molecule is CC(=NNC(=O)CC(C)(C)S)c1ccc(OCCCC(=O)O)cc1. The van der Waals surface area contributed by atoms with Gasteiger partial charge in [0.05, 0.1) is 12.3 Å². The second kappa shape index (κ2) is 9.32. The van der Waals surface area contributed by atoms with Gasteiger partial charge >= 0.3 is 5.97 Å². The van der Waals surface area contributed by atoms with E-state index in [-0.39, 0.29) is 23.5 Å². The third-order valence-electron chi connectivity index (χ3n) is 3.02. The fraction of sp³-hybridized carbons (Fsp3) is 0.471. The number of aliphatic carboxylic acids is 1. The van der Waals surface area contributed by atoms with E-state index in [1.165, 1.54) is 0 Å². The summed E-state index contributed by atoms with van der Waals surface area (Å²) in [5.74, 6) is -0.352. The minimum Gasteiger partial charge on any atom is -0.494 e. The largest absolute Gasteiger partial charge is 0.494 e. The molecule has 0 saturated carbocycles. The summed E-state index contributed by atoms with van der Waals surface area (Å²) < 4.78 is 5.08. The molecule has 6 nitrogen and oxygen atoms in total. The fourth-order valence-electron chi connectivity index (χ4n) is 1.85. The van der Waals surface area contributed by atoms with Crippen LogP contribution in [0.25, 0.3) is 0 Å². The number of hydrazone groups is 1. The Bertz CT molecular complexity index is 592. The van der Waals surface area contributed by atoms with E-state index in [1.807, 2.05) is 26.0 Å². The lowest BCUT2D eigenvalue weighted by atomic mass is 10.1. The molecule has 0 fully saturated rings. The highest BCUT2D eigenvalue weighted by Crippen LogP contribution is 2.16. The predicted molar refractivity (Wildman–Crippen MR) is 96.8 cm³/mol. The van der Waals surface area contributed by atoms with E-state index in [2.05, 4.69) is 23.2 Å². The normalized spacial score (nSPS) is 11.9. The molecule has 7 heteroatoms. The Morgan fingerprint density at radius 2 is 1.92 bits per heavy atom. The van der Waals surface area contributed by atoms with Gasteiger partial charge in [-0.3, -0.25) is 9.59 Å². The van der Waals surface area contributed by atoms with Crippen LogP contribution in [0.4, 0.5) is 0 Å². The lowest BCUT2D eigenvalue weighted by molar-refractivity contribution is -0.137. The van der Waals surface area contributed by atoms with Gasteiger partial charge in [-0.1, -0.05) is 13.8 Å². The summed E-state index contributed by atoms with van der Waals surface area (Å²) in [7, 11) is 0. The number of nitrogens with one attached hydrogen (secondary N) is 1. The number of carbonyl (C=O) groups excluding carboxylic acids is 1. The summed E-state index contributed by atoms with van der Waals surface area (Å²) in [6, 6.07) is 7.24. The lowest BCUT2D eigenvalue weighted by Gasteiger charge is -2.15. The highest BCUT2D eigenvalue weighted by Gasteiger charge is 2.16. The van der Waals surface area contributed by atoms with Crippen molar-refractivity contribution >= 4 is 30.2 Å². The number of carboxylic acid groups (broad SMARTS) is 1. The van der Waals surface area contributed by atoms with E-state index in [0.29, 0.717) is 24.5 Å². The second-order valence-electron chi connectivity index (χ2n) is 6.09. The van der Waals surface area contributed by atoms with Gasteiger partial charge in [0.1, 0.15) is 5.75 Å². The number of carbonyl (C=O) groups is 2. The van der Waals surface area contributed by atoms with Crippen molar-refractivity contribution in [2.45, 2.75) is 44.8 Å². The molecule has 0 heterocycles. The molecule has 1 amide bonds. The molecule has 0 aliphatic carbocycles. The van der Waals surface area contributed by atoms with Crippen LogP contribution in [0.5, 0.6) is 5.75 Å². The molecule has 0 spiro atoms. The van der Waals surface area contributed by atoms with Crippen LogP contribution in [0.15, 0.2) is 29.4 Å². The smallest absolute Gasteiger partial charge is 0.303 e. The van der Waals surface area contributed by atoms with Gasteiger partial charge in [-0.25, -0.2) is 5.43 Å². The summed E-state index contributed by atoms with van der Waals surface area (Å²) in [5, 5.41) is 12.6. The molecule has 0 aromatic heterocycles. The maximum Gasteiger partial charge on any atom is 0.303 e. The summed E-state index contributed by atoms with van der Waals surface area (Å²) in [5.41, 5.74) is 4.06. The quantitative estimate of drug-likeness (QED) is 0.276. The molecular weight excluding hydrogens is 328 g/mol. The van der Waals surface area contributed by atoms with Crippen LogP contribution in [0.3, 0.4) is 0 Å². The zero-order valence-corrected chi connectivity index (χ0v) is 15.1. The molecule has 0 atom stereocenters. The molecule has 132 valence electrons. The minimum absolute atomic E-state index is 0.0899. The fourth-order valence-corrected chi connectivity index (χ4v) is 1.99. The molecule has 0 saturated heterocycles. The van der Waals surface area contributed by atoms with E-state index in [9.17, 15) is 9.59 Å². The Morgan fingerprint density at radius 1 is 1.29 bits per heavy atom. The lowest BCUT2D eigenvalue weighted by Crippen LogP contribution is -2.26. The van der Waals surface area contributed by atoms with Crippen molar-refractivity contribution in [1.29, 1.82) is 0 Å². The minimum atomic E-state index is -0.830. The van der Waals surface area contributed by atoms with Gasteiger partial charge in [0.15, 0.2) is 0 Å². The predicted octanol–water partition coefficient (Wildman–Crippen LogP) is 2.87. The molecule has 1 aromatic rings. The first-order valence-corrected chi connectivity index (χ1v) is 8.12. The number of hydrogen-bond acceptors (Lipinski definition) is 5. The molecule has 1 aromatic carbocycles. The van der Waals surface area contributed by atoms with Crippen LogP contribution < -0.4 is 10.2 Å². The summed E-state index contributed by atoms with van der Waals surface area (Å²) in [4.78, 5) is 22.1. The first-order chi connectivity index (χ1) is 11.2. The topological polar surface area (TPSA) is 88.0 Å². The van der Waals surface area contributed by atoms with Crippen molar-refractivity contribution in [2.75, 3.05) is 6.61 Å². The zero-order chi connectivity index (χ0) is 18.2. The molecule has 24 heavy (non-hydrogen) atoms. The van der Waals surface area contributed by atoms with E-state index in [1.54, 1.807) is 19.1 Å². The van der Waals surface area contributed by atoms with Gasteiger partial charge in [-0.05, 0) is 43.2 Å². The Hall–Kier alpha value is -2.02.